The third-order valence-electron chi connectivity index (χ3n) is 4.22. The van der Waals surface area contributed by atoms with E-state index in [9.17, 15) is 0 Å². The van der Waals surface area contributed by atoms with E-state index in [1.54, 1.807) is 6.07 Å². The smallest absolute Gasteiger partial charge is 0.227 e. The molecule has 0 saturated heterocycles. The lowest BCUT2D eigenvalue weighted by Gasteiger charge is -2.15. The van der Waals surface area contributed by atoms with Crippen LogP contribution in [0.4, 0.5) is 5.95 Å². The molecule has 0 aliphatic carbocycles. The lowest BCUT2D eigenvalue weighted by molar-refractivity contribution is 0.185. The van der Waals surface area contributed by atoms with Crippen LogP contribution in [0.15, 0.2) is 36.5 Å². The Morgan fingerprint density at radius 1 is 1.15 bits per heavy atom. The summed E-state index contributed by atoms with van der Waals surface area (Å²) in [7, 11) is 0. The molecule has 0 saturated carbocycles. The number of ether oxygens (including phenoxy) is 1. The molecular formula is C21H29ClN4O. The van der Waals surface area contributed by atoms with Gasteiger partial charge in [0.25, 0.3) is 0 Å². The molecule has 0 aliphatic rings. The first-order valence-electron chi connectivity index (χ1n) is 9.69. The van der Waals surface area contributed by atoms with Crippen LogP contribution in [0.2, 0.25) is 5.15 Å². The van der Waals surface area contributed by atoms with Crippen LogP contribution in [0.3, 0.4) is 0 Å². The standard InChI is InChI=1S/C19H23ClN4O.C2H6/c1-3-14(4-2)25-18-11-17(20)23-19(24-18)21-10-9-13-12-22-16-8-6-5-7-15(13)16;1-2/h5-8,11-12,14,22H,3-4,9-10H2,1-2H3,(H,21,23,24);1-2H3. The maximum Gasteiger partial charge on any atom is 0.227 e. The number of hydrogen-bond donors (Lipinski definition) is 2. The zero-order chi connectivity index (χ0) is 19.6. The van der Waals surface area contributed by atoms with Crippen LogP contribution in [0.1, 0.15) is 46.1 Å². The average molecular weight is 389 g/mol. The fraction of sp³-hybridized carbons (Fsp3) is 0.429. The number of H-pyrrole nitrogens is 1. The quantitative estimate of drug-likeness (QED) is 0.474. The number of halogens is 1. The summed E-state index contributed by atoms with van der Waals surface area (Å²) in [6.07, 6.45) is 4.92. The van der Waals surface area contributed by atoms with Crippen LogP contribution in [-0.4, -0.2) is 27.6 Å². The highest BCUT2D eigenvalue weighted by Gasteiger charge is 2.10. The lowest BCUT2D eigenvalue weighted by Crippen LogP contribution is -2.15. The van der Waals surface area contributed by atoms with Crippen molar-refractivity contribution in [1.82, 2.24) is 15.0 Å². The van der Waals surface area contributed by atoms with Gasteiger partial charge in [0.2, 0.25) is 11.8 Å². The van der Waals surface area contributed by atoms with Crippen molar-refractivity contribution in [2.24, 2.45) is 0 Å². The summed E-state index contributed by atoms with van der Waals surface area (Å²) in [5, 5.41) is 4.86. The van der Waals surface area contributed by atoms with Crippen LogP contribution in [-0.2, 0) is 6.42 Å². The van der Waals surface area contributed by atoms with Crippen molar-refractivity contribution in [2.45, 2.75) is 53.1 Å². The molecule has 2 heterocycles. The highest BCUT2D eigenvalue weighted by molar-refractivity contribution is 6.29. The lowest BCUT2D eigenvalue weighted by atomic mass is 10.1. The predicted molar refractivity (Wildman–Crippen MR) is 114 cm³/mol. The van der Waals surface area contributed by atoms with Crippen LogP contribution >= 0.6 is 11.6 Å². The van der Waals surface area contributed by atoms with Gasteiger partial charge in [-0.15, -0.1) is 0 Å². The van der Waals surface area contributed by atoms with E-state index >= 15 is 0 Å². The molecule has 5 nitrogen and oxygen atoms in total. The Morgan fingerprint density at radius 3 is 2.63 bits per heavy atom. The van der Waals surface area contributed by atoms with E-state index in [0.717, 1.165) is 24.8 Å². The van der Waals surface area contributed by atoms with Gasteiger partial charge >= 0.3 is 0 Å². The predicted octanol–water partition coefficient (Wildman–Crippen LogP) is 5.86. The molecule has 27 heavy (non-hydrogen) atoms. The third kappa shape index (κ3) is 5.86. The molecule has 0 radical (unpaired) electrons. The number of nitrogens with one attached hydrogen (secondary N) is 2. The zero-order valence-corrected chi connectivity index (χ0v) is 17.3. The van der Waals surface area contributed by atoms with Crippen LogP contribution < -0.4 is 10.1 Å². The Morgan fingerprint density at radius 2 is 1.89 bits per heavy atom. The van der Waals surface area contributed by atoms with Gasteiger partial charge in [0.15, 0.2) is 0 Å². The molecule has 0 amide bonds. The zero-order valence-electron chi connectivity index (χ0n) is 16.6. The second-order valence-corrected chi connectivity index (χ2v) is 6.33. The van der Waals surface area contributed by atoms with Gasteiger partial charge in [-0.1, -0.05) is 57.5 Å². The van der Waals surface area contributed by atoms with E-state index in [-0.39, 0.29) is 6.10 Å². The number of nitrogens with zero attached hydrogens (tertiary/aromatic N) is 2. The normalized spacial score (nSPS) is 10.6. The Bertz CT molecular complexity index is 830. The van der Waals surface area contributed by atoms with Crippen molar-refractivity contribution in [2.75, 3.05) is 11.9 Å². The summed E-state index contributed by atoms with van der Waals surface area (Å²) in [6, 6.07) is 9.94. The van der Waals surface area contributed by atoms with Crippen LogP contribution in [0.5, 0.6) is 5.88 Å². The first-order chi connectivity index (χ1) is 13.2. The van der Waals surface area contributed by atoms with Crippen LogP contribution in [0, 0.1) is 0 Å². The van der Waals surface area contributed by atoms with Gasteiger partial charge in [0, 0.05) is 29.7 Å². The highest BCUT2D eigenvalue weighted by atomic mass is 35.5. The van der Waals surface area contributed by atoms with E-state index in [4.69, 9.17) is 16.3 Å². The van der Waals surface area contributed by atoms with Crippen molar-refractivity contribution < 1.29 is 4.74 Å². The first kappa shape index (κ1) is 21.0. The number of hydrogen-bond acceptors (Lipinski definition) is 4. The molecule has 6 heteroatoms. The number of aromatic amines is 1. The van der Waals surface area contributed by atoms with Crippen LogP contribution in [0.25, 0.3) is 10.9 Å². The minimum absolute atomic E-state index is 0.144. The van der Waals surface area contributed by atoms with E-state index in [2.05, 4.69) is 52.3 Å². The van der Waals surface area contributed by atoms with E-state index < -0.39 is 0 Å². The number of anilines is 1. The molecule has 3 rings (SSSR count). The third-order valence-corrected chi connectivity index (χ3v) is 4.42. The number of aromatic nitrogens is 3. The number of fused-ring (bicyclic) bond motifs is 1. The van der Waals surface area contributed by atoms with E-state index in [1.165, 1.54) is 10.9 Å². The van der Waals surface area contributed by atoms with E-state index in [0.29, 0.717) is 23.5 Å². The fourth-order valence-electron chi connectivity index (χ4n) is 2.81. The SMILES string of the molecule is CC.CCC(CC)Oc1cc(Cl)nc(NCCc2c[nH]c3ccccc23)n1. The molecule has 0 spiro atoms. The van der Waals surface area contributed by atoms with Crippen molar-refractivity contribution >= 4 is 28.5 Å². The Kier molecular flexibility index (Phi) is 8.40. The fourth-order valence-corrected chi connectivity index (χ4v) is 2.98. The number of para-hydroxylation sites is 1. The Labute approximate surface area is 166 Å². The molecule has 0 atom stereocenters. The molecule has 2 N–H and O–H groups in total. The summed E-state index contributed by atoms with van der Waals surface area (Å²) < 4.78 is 5.86. The van der Waals surface area contributed by atoms with Gasteiger partial charge < -0.3 is 15.0 Å². The van der Waals surface area contributed by atoms with Gasteiger partial charge in [-0.05, 0) is 30.9 Å². The highest BCUT2D eigenvalue weighted by Crippen LogP contribution is 2.20. The van der Waals surface area contributed by atoms with Gasteiger partial charge in [-0.3, -0.25) is 0 Å². The minimum atomic E-state index is 0.144. The number of benzene rings is 1. The second kappa shape index (κ2) is 10.8. The monoisotopic (exact) mass is 388 g/mol. The largest absolute Gasteiger partial charge is 0.474 e. The van der Waals surface area contributed by atoms with Gasteiger partial charge in [-0.25, -0.2) is 4.98 Å². The molecule has 3 aromatic rings. The van der Waals surface area contributed by atoms with Gasteiger partial charge in [0.1, 0.15) is 5.15 Å². The van der Waals surface area contributed by atoms with Crippen molar-refractivity contribution in [1.29, 1.82) is 0 Å². The van der Waals surface area contributed by atoms with Crippen molar-refractivity contribution in [3.05, 3.63) is 47.2 Å². The van der Waals surface area contributed by atoms with Crippen molar-refractivity contribution in [3.63, 3.8) is 0 Å². The van der Waals surface area contributed by atoms with Gasteiger partial charge in [-0.2, -0.15) is 4.98 Å². The summed E-state index contributed by atoms with van der Waals surface area (Å²) in [5.74, 6) is 1.01. The maximum atomic E-state index is 6.10. The summed E-state index contributed by atoms with van der Waals surface area (Å²) >= 11 is 6.10. The summed E-state index contributed by atoms with van der Waals surface area (Å²) in [6.45, 7) is 8.90. The molecular weight excluding hydrogens is 360 g/mol. The maximum absolute atomic E-state index is 6.10. The molecule has 0 bridgehead atoms. The molecule has 146 valence electrons. The van der Waals surface area contributed by atoms with E-state index in [1.807, 2.05) is 26.1 Å². The molecule has 0 fully saturated rings. The molecule has 0 unspecified atom stereocenters. The second-order valence-electron chi connectivity index (χ2n) is 5.95. The summed E-state index contributed by atoms with van der Waals surface area (Å²) in [5.41, 5.74) is 2.41. The topological polar surface area (TPSA) is 62.8 Å². The molecule has 0 aliphatic heterocycles. The Hall–Kier alpha value is -2.27. The van der Waals surface area contributed by atoms with Gasteiger partial charge in [0.05, 0.1) is 6.10 Å². The molecule has 2 aromatic heterocycles. The average Bonchev–Trinajstić information content (AvgIpc) is 3.10. The number of rotatable bonds is 8. The first-order valence-corrected chi connectivity index (χ1v) is 10.1. The Balaban J connectivity index is 0.00000126. The summed E-state index contributed by atoms with van der Waals surface area (Å²) in [4.78, 5) is 11.9. The minimum Gasteiger partial charge on any atom is -0.474 e. The van der Waals surface area contributed by atoms with Crippen molar-refractivity contribution in [3.8, 4) is 5.88 Å². The molecule has 1 aromatic carbocycles.